The van der Waals surface area contributed by atoms with E-state index in [0.717, 1.165) is 34.9 Å². The van der Waals surface area contributed by atoms with Gasteiger partial charge in [-0.05, 0) is 57.1 Å². The molecule has 3 fully saturated rings. The summed E-state index contributed by atoms with van der Waals surface area (Å²) >= 11 is 0. The molecule has 0 aromatic carbocycles. The highest BCUT2D eigenvalue weighted by molar-refractivity contribution is 5.91. The molecule has 5 rings (SSSR count). The van der Waals surface area contributed by atoms with E-state index >= 15 is 0 Å². The van der Waals surface area contributed by atoms with Crippen LogP contribution in [0.4, 0.5) is 11.6 Å². The molecule has 0 spiro atoms. The predicted molar refractivity (Wildman–Crippen MR) is 122 cm³/mol. The molecular weight excluding hydrogens is 374 g/mol. The first-order chi connectivity index (χ1) is 14.5. The number of rotatable bonds is 6. The molecule has 162 valence electrons. The fraction of sp³-hybridized carbons (Fsp3) is 0.652. The molecule has 0 aliphatic carbocycles. The molecule has 30 heavy (non-hydrogen) atoms. The van der Waals surface area contributed by atoms with Gasteiger partial charge in [-0.1, -0.05) is 13.8 Å². The zero-order valence-electron chi connectivity index (χ0n) is 18.4. The average Bonchev–Trinajstić information content (AvgIpc) is 3.20. The van der Waals surface area contributed by atoms with E-state index in [9.17, 15) is 0 Å². The highest BCUT2D eigenvalue weighted by atomic mass is 15.5. The number of piperidine rings is 1. The van der Waals surface area contributed by atoms with Crippen LogP contribution in [-0.4, -0.2) is 51.7 Å². The quantitative estimate of drug-likeness (QED) is 0.583. The molecule has 5 atom stereocenters. The maximum Gasteiger partial charge on any atom is 0.138 e. The number of hydrogen-bond donors (Lipinski definition) is 4. The Bertz CT molecular complexity index is 871. The lowest BCUT2D eigenvalue weighted by Crippen LogP contribution is -2.48. The second-order valence-electron chi connectivity index (χ2n) is 9.84. The minimum absolute atomic E-state index is 0.177. The molecule has 3 aliphatic heterocycles. The van der Waals surface area contributed by atoms with Gasteiger partial charge in [0.1, 0.15) is 11.6 Å². The van der Waals surface area contributed by atoms with Gasteiger partial charge in [0, 0.05) is 48.4 Å². The maximum atomic E-state index is 4.98. The lowest BCUT2D eigenvalue weighted by molar-refractivity contribution is 0.117. The third kappa shape index (κ3) is 4.11. The van der Waals surface area contributed by atoms with Gasteiger partial charge in [0.15, 0.2) is 0 Å². The largest absolute Gasteiger partial charge is 0.367 e. The smallest absolute Gasteiger partial charge is 0.138 e. The van der Waals surface area contributed by atoms with Crippen LogP contribution in [0.2, 0.25) is 0 Å². The van der Waals surface area contributed by atoms with Crippen LogP contribution in [0.25, 0.3) is 10.9 Å². The Kier molecular flexibility index (Phi) is 5.52. The number of nitrogens with zero attached hydrogens (tertiary/aromatic N) is 3. The standard InChI is InChI=1S/C23H35N7/c1-14(2)13-30-17-6-7-18(30)11-16(10-17)25-23-19-5-4-8-24-20(19)12-21(27-23)26-22-9-15(3)28-29-22/h4-5,8,12,14-18,22,28-29H,6-7,9-11,13H2,1-3H3,(H2,25,26,27)/t15?,16?,17-,18+,22?. The molecule has 2 aromatic rings. The van der Waals surface area contributed by atoms with Gasteiger partial charge in [-0.15, -0.1) is 0 Å². The fourth-order valence-electron chi connectivity index (χ4n) is 5.55. The lowest BCUT2D eigenvalue weighted by atomic mass is 9.96. The number of pyridine rings is 2. The summed E-state index contributed by atoms with van der Waals surface area (Å²) in [4.78, 5) is 12.4. The van der Waals surface area contributed by atoms with E-state index in [1.807, 2.05) is 12.3 Å². The number of aromatic nitrogens is 2. The number of fused-ring (bicyclic) bond motifs is 3. The van der Waals surface area contributed by atoms with E-state index < -0.39 is 0 Å². The van der Waals surface area contributed by atoms with E-state index in [0.29, 0.717) is 24.2 Å². The molecule has 3 saturated heterocycles. The van der Waals surface area contributed by atoms with E-state index in [2.05, 4.69) is 64.3 Å². The molecule has 5 heterocycles. The molecule has 0 amide bonds. The van der Waals surface area contributed by atoms with E-state index in [1.54, 1.807) is 0 Å². The summed E-state index contributed by atoms with van der Waals surface area (Å²) in [5.41, 5.74) is 7.54. The number of hydrazine groups is 1. The van der Waals surface area contributed by atoms with Gasteiger partial charge < -0.3 is 10.6 Å². The van der Waals surface area contributed by atoms with Crippen LogP contribution < -0.4 is 21.5 Å². The van der Waals surface area contributed by atoms with Crippen LogP contribution in [0.15, 0.2) is 24.4 Å². The minimum Gasteiger partial charge on any atom is -0.367 e. The summed E-state index contributed by atoms with van der Waals surface area (Å²) in [5, 5.41) is 8.45. The van der Waals surface area contributed by atoms with Gasteiger partial charge in [-0.2, -0.15) is 0 Å². The maximum absolute atomic E-state index is 4.98. The molecule has 2 bridgehead atoms. The summed E-state index contributed by atoms with van der Waals surface area (Å²) in [7, 11) is 0. The highest BCUT2D eigenvalue weighted by Crippen LogP contribution is 2.38. The number of anilines is 2. The van der Waals surface area contributed by atoms with E-state index in [-0.39, 0.29) is 6.17 Å². The molecule has 0 radical (unpaired) electrons. The first kappa shape index (κ1) is 20.0. The first-order valence-corrected chi connectivity index (χ1v) is 11.6. The Morgan fingerprint density at radius 2 is 1.93 bits per heavy atom. The monoisotopic (exact) mass is 409 g/mol. The molecule has 7 nitrogen and oxygen atoms in total. The van der Waals surface area contributed by atoms with Crippen LogP contribution in [0.1, 0.15) is 52.9 Å². The van der Waals surface area contributed by atoms with Gasteiger partial charge >= 0.3 is 0 Å². The molecular formula is C23H35N7. The third-order valence-electron chi connectivity index (χ3n) is 6.82. The van der Waals surface area contributed by atoms with Crippen molar-refractivity contribution in [2.75, 3.05) is 17.2 Å². The third-order valence-corrected chi connectivity index (χ3v) is 6.82. The topological polar surface area (TPSA) is 77.1 Å². The molecule has 3 aliphatic rings. The SMILES string of the molecule is CC(C)CN1[C@@H]2CC[C@H]1CC(Nc1nc(NC3CC(C)NN3)cc3ncccc13)C2. The van der Waals surface area contributed by atoms with Crippen molar-refractivity contribution in [2.24, 2.45) is 5.92 Å². The lowest BCUT2D eigenvalue weighted by Gasteiger charge is -2.40. The van der Waals surface area contributed by atoms with Crippen molar-refractivity contribution in [3.05, 3.63) is 24.4 Å². The normalized spacial score (nSPS) is 31.5. The Hall–Kier alpha value is -1.96. The van der Waals surface area contributed by atoms with Crippen molar-refractivity contribution in [3.63, 3.8) is 0 Å². The zero-order chi connectivity index (χ0) is 20.7. The minimum atomic E-state index is 0.177. The van der Waals surface area contributed by atoms with Crippen LogP contribution in [0.5, 0.6) is 0 Å². The predicted octanol–water partition coefficient (Wildman–Crippen LogP) is 3.32. The van der Waals surface area contributed by atoms with Crippen molar-refractivity contribution in [2.45, 2.75) is 83.2 Å². The zero-order valence-corrected chi connectivity index (χ0v) is 18.4. The second kappa shape index (κ2) is 8.29. The van der Waals surface area contributed by atoms with Crippen molar-refractivity contribution in [3.8, 4) is 0 Å². The van der Waals surface area contributed by atoms with Crippen molar-refractivity contribution in [1.82, 2.24) is 25.7 Å². The Morgan fingerprint density at radius 3 is 2.63 bits per heavy atom. The average molecular weight is 410 g/mol. The Labute approximate surface area is 179 Å². The van der Waals surface area contributed by atoms with Crippen molar-refractivity contribution >= 4 is 22.5 Å². The second-order valence-corrected chi connectivity index (χ2v) is 9.84. The summed E-state index contributed by atoms with van der Waals surface area (Å²) in [6.45, 7) is 8.08. The summed E-state index contributed by atoms with van der Waals surface area (Å²) in [6, 6.07) is 8.53. The van der Waals surface area contributed by atoms with Gasteiger partial charge in [0.05, 0.1) is 11.7 Å². The molecule has 0 saturated carbocycles. The van der Waals surface area contributed by atoms with Gasteiger partial charge in [-0.25, -0.2) is 10.4 Å². The Balaban J connectivity index is 1.35. The summed E-state index contributed by atoms with van der Waals surface area (Å²) in [5.74, 6) is 2.57. The summed E-state index contributed by atoms with van der Waals surface area (Å²) < 4.78 is 0. The molecule has 7 heteroatoms. The van der Waals surface area contributed by atoms with Crippen LogP contribution in [-0.2, 0) is 0 Å². The summed E-state index contributed by atoms with van der Waals surface area (Å²) in [6.07, 6.45) is 8.14. The Morgan fingerprint density at radius 1 is 1.13 bits per heavy atom. The molecule has 2 aromatic heterocycles. The van der Waals surface area contributed by atoms with E-state index in [1.165, 1.54) is 32.2 Å². The van der Waals surface area contributed by atoms with Gasteiger partial charge in [0.2, 0.25) is 0 Å². The van der Waals surface area contributed by atoms with E-state index in [4.69, 9.17) is 4.98 Å². The number of nitrogens with one attached hydrogen (secondary N) is 4. The number of hydrogen-bond acceptors (Lipinski definition) is 7. The molecule has 3 unspecified atom stereocenters. The van der Waals surface area contributed by atoms with Crippen LogP contribution in [0.3, 0.4) is 0 Å². The van der Waals surface area contributed by atoms with Crippen molar-refractivity contribution in [1.29, 1.82) is 0 Å². The van der Waals surface area contributed by atoms with Gasteiger partial charge in [-0.3, -0.25) is 15.3 Å². The fourth-order valence-corrected chi connectivity index (χ4v) is 5.55. The van der Waals surface area contributed by atoms with Crippen LogP contribution >= 0.6 is 0 Å². The molecule has 4 N–H and O–H groups in total. The van der Waals surface area contributed by atoms with Crippen LogP contribution in [0, 0.1) is 5.92 Å². The highest BCUT2D eigenvalue weighted by Gasteiger charge is 2.40. The first-order valence-electron chi connectivity index (χ1n) is 11.6. The van der Waals surface area contributed by atoms with Gasteiger partial charge in [0.25, 0.3) is 0 Å². The van der Waals surface area contributed by atoms with Crippen molar-refractivity contribution < 1.29 is 0 Å².